The Morgan fingerprint density at radius 1 is 1.00 bits per heavy atom. The van der Waals surface area contributed by atoms with Gasteiger partial charge in [-0.25, -0.2) is 0 Å². The molecule has 0 aliphatic heterocycles. The van der Waals surface area contributed by atoms with Crippen LogP contribution in [-0.2, 0) is 9.53 Å². The topological polar surface area (TPSA) is 46.5 Å². The fourth-order valence-electron chi connectivity index (χ4n) is 3.11. The molecule has 0 saturated carbocycles. The summed E-state index contributed by atoms with van der Waals surface area (Å²) in [5, 5.41) is 11.3. The third-order valence-electron chi connectivity index (χ3n) is 5.71. The summed E-state index contributed by atoms with van der Waals surface area (Å²) >= 11 is 11.5. The highest BCUT2D eigenvalue weighted by Crippen LogP contribution is 2.30. The number of aromatic hydroxyl groups is 1. The van der Waals surface area contributed by atoms with Gasteiger partial charge in [0.05, 0.1) is 0 Å². The first-order valence-corrected chi connectivity index (χ1v) is 15.0. The summed E-state index contributed by atoms with van der Waals surface area (Å²) in [6.45, 7) is 23.7. The largest absolute Gasteiger partial charge is 0.508 e. The molecule has 0 amide bonds. The first kappa shape index (κ1) is 40.8. The van der Waals surface area contributed by atoms with E-state index in [1.807, 2.05) is 66.7 Å². The van der Waals surface area contributed by atoms with Crippen LogP contribution in [0.25, 0.3) is 0 Å². The van der Waals surface area contributed by atoms with Gasteiger partial charge in [-0.15, -0.1) is 6.58 Å². The molecule has 0 spiro atoms. The van der Waals surface area contributed by atoms with E-state index in [2.05, 4.69) is 20.4 Å². The van der Waals surface area contributed by atoms with Crippen molar-refractivity contribution in [2.75, 3.05) is 0 Å². The van der Waals surface area contributed by atoms with Crippen LogP contribution in [0.5, 0.6) is 5.75 Å². The molecule has 0 heterocycles. The fraction of sp³-hybridized carbons (Fsp3) is 0.606. The number of phenols is 1. The SMILES string of the molecule is C/C=C(/Cl)C/C=C(/Cl)CC.C=C(C)CCCCCC.CC.CCC(=O)OC(CC)c1ccc(O)c(C)c1C. The lowest BCUT2D eigenvalue weighted by Gasteiger charge is -2.19. The maximum Gasteiger partial charge on any atom is 0.306 e. The van der Waals surface area contributed by atoms with Crippen LogP contribution in [-0.4, -0.2) is 11.1 Å². The Labute approximate surface area is 245 Å². The maximum atomic E-state index is 11.3. The predicted molar refractivity (Wildman–Crippen MR) is 170 cm³/mol. The van der Waals surface area contributed by atoms with Crippen LogP contribution in [0.15, 0.2) is 46.5 Å². The lowest BCUT2D eigenvalue weighted by atomic mass is 9.97. The third kappa shape index (κ3) is 21.2. The van der Waals surface area contributed by atoms with E-state index in [9.17, 15) is 9.90 Å². The zero-order valence-electron chi connectivity index (χ0n) is 26.0. The normalized spacial score (nSPS) is 11.6. The third-order valence-corrected chi connectivity index (χ3v) is 6.50. The highest BCUT2D eigenvalue weighted by atomic mass is 35.5. The van der Waals surface area contributed by atoms with Crippen LogP contribution >= 0.6 is 23.2 Å². The Kier molecular flexibility index (Phi) is 28.8. The first-order valence-electron chi connectivity index (χ1n) is 14.3. The monoisotopic (exact) mass is 570 g/mol. The molecule has 220 valence electrons. The fourth-order valence-corrected chi connectivity index (χ4v) is 3.26. The van der Waals surface area contributed by atoms with E-state index in [1.165, 1.54) is 37.7 Å². The maximum absolute atomic E-state index is 11.3. The zero-order valence-corrected chi connectivity index (χ0v) is 27.5. The van der Waals surface area contributed by atoms with E-state index >= 15 is 0 Å². The second-order valence-corrected chi connectivity index (χ2v) is 9.85. The Hall–Kier alpha value is -1.71. The predicted octanol–water partition coefficient (Wildman–Crippen LogP) is 12.0. The number of rotatable bonds is 12. The van der Waals surface area contributed by atoms with E-state index in [-0.39, 0.29) is 17.8 Å². The Morgan fingerprint density at radius 2 is 1.61 bits per heavy atom. The van der Waals surface area contributed by atoms with E-state index in [0.29, 0.717) is 6.42 Å². The molecule has 0 fully saturated rings. The zero-order chi connectivity index (χ0) is 30.1. The molecule has 0 radical (unpaired) electrons. The summed E-state index contributed by atoms with van der Waals surface area (Å²) in [5.41, 5.74) is 4.13. The van der Waals surface area contributed by atoms with Crippen LogP contribution < -0.4 is 0 Å². The van der Waals surface area contributed by atoms with Crippen molar-refractivity contribution < 1.29 is 14.6 Å². The molecule has 1 atom stereocenters. The van der Waals surface area contributed by atoms with Gasteiger partial charge in [-0.2, -0.15) is 0 Å². The summed E-state index contributed by atoms with van der Waals surface area (Å²) in [5.74, 6) is 0.0879. The summed E-state index contributed by atoms with van der Waals surface area (Å²) in [7, 11) is 0. The minimum atomic E-state index is -0.221. The van der Waals surface area contributed by atoms with E-state index in [1.54, 1.807) is 13.0 Å². The van der Waals surface area contributed by atoms with Gasteiger partial charge in [-0.05, 0) is 76.1 Å². The molecule has 0 aliphatic rings. The summed E-state index contributed by atoms with van der Waals surface area (Å²) in [4.78, 5) is 11.3. The molecule has 5 heteroatoms. The number of hydrogen-bond acceptors (Lipinski definition) is 3. The van der Waals surface area contributed by atoms with Gasteiger partial charge in [0.15, 0.2) is 0 Å². The van der Waals surface area contributed by atoms with Crippen LogP contribution in [0.4, 0.5) is 0 Å². The molecule has 1 aromatic carbocycles. The van der Waals surface area contributed by atoms with Crippen LogP contribution in [0.1, 0.15) is 136 Å². The van der Waals surface area contributed by atoms with Gasteiger partial charge in [0, 0.05) is 22.9 Å². The summed E-state index contributed by atoms with van der Waals surface area (Å²) in [6.07, 6.45) is 13.0. The Morgan fingerprint density at radius 3 is 2.05 bits per heavy atom. The van der Waals surface area contributed by atoms with Crippen molar-refractivity contribution in [1.29, 1.82) is 0 Å². The standard InChI is InChI=1S/C14H20O3.C9H18.C8H12Cl2.C2H6/c1-5-13(17-14(16)6-2)11-7-8-12(15)10(4)9(11)3;1-4-5-6-7-8-9(2)3;1-3-7(9)5-6-8(10)4-2;1-2/h7-8,13,15H,5-6H2,1-4H3;2,4-8H2,1,3H3;3,6H,4-5H2,1-2H3;1-2H3/b;;7-3+,8-6+;. The molecule has 38 heavy (non-hydrogen) atoms. The number of phenolic OH excluding ortho intramolecular Hbond substituents is 1. The number of carbonyl (C=O) groups is 1. The van der Waals surface area contributed by atoms with Crippen LogP contribution in [0.2, 0.25) is 0 Å². The van der Waals surface area contributed by atoms with Gasteiger partial charge < -0.3 is 9.84 Å². The average molecular weight is 572 g/mol. The number of benzene rings is 1. The van der Waals surface area contributed by atoms with Crippen molar-refractivity contribution in [2.24, 2.45) is 0 Å². The van der Waals surface area contributed by atoms with Crippen molar-refractivity contribution in [2.45, 2.75) is 133 Å². The molecule has 3 nitrogen and oxygen atoms in total. The van der Waals surface area contributed by atoms with Crippen LogP contribution in [0, 0.1) is 13.8 Å². The number of unbranched alkanes of at least 4 members (excludes halogenated alkanes) is 3. The van der Waals surface area contributed by atoms with E-state index < -0.39 is 0 Å². The molecule has 0 aromatic heterocycles. The number of allylic oxidation sites excluding steroid dienone is 5. The van der Waals surface area contributed by atoms with Crippen molar-refractivity contribution in [3.8, 4) is 5.75 Å². The number of hydrogen-bond donors (Lipinski definition) is 1. The van der Waals surface area contributed by atoms with Gasteiger partial charge in [-0.1, -0.05) is 108 Å². The van der Waals surface area contributed by atoms with Crippen molar-refractivity contribution in [3.05, 3.63) is 63.2 Å². The molecule has 1 unspecified atom stereocenters. The molecule has 1 aromatic rings. The highest BCUT2D eigenvalue weighted by Gasteiger charge is 2.17. The lowest BCUT2D eigenvalue weighted by molar-refractivity contribution is -0.149. The Bertz CT molecular complexity index is 826. The first-order chi connectivity index (χ1) is 18.0. The lowest BCUT2D eigenvalue weighted by Crippen LogP contribution is -2.11. The summed E-state index contributed by atoms with van der Waals surface area (Å²) in [6, 6.07) is 3.48. The molecule has 0 saturated heterocycles. The number of ether oxygens (including phenoxy) is 1. The molecule has 1 N–H and O–H groups in total. The van der Waals surface area contributed by atoms with Gasteiger partial charge in [-0.3, -0.25) is 4.79 Å². The average Bonchev–Trinajstić information content (AvgIpc) is 2.93. The van der Waals surface area contributed by atoms with Crippen molar-refractivity contribution >= 4 is 29.2 Å². The van der Waals surface area contributed by atoms with Gasteiger partial charge in [0.1, 0.15) is 11.9 Å². The smallest absolute Gasteiger partial charge is 0.306 e. The van der Waals surface area contributed by atoms with Gasteiger partial charge >= 0.3 is 5.97 Å². The van der Waals surface area contributed by atoms with Crippen LogP contribution in [0.3, 0.4) is 0 Å². The molecule has 0 bridgehead atoms. The number of carbonyl (C=O) groups excluding carboxylic acids is 1. The van der Waals surface area contributed by atoms with Crippen molar-refractivity contribution in [3.63, 3.8) is 0 Å². The van der Waals surface area contributed by atoms with E-state index in [4.69, 9.17) is 27.9 Å². The minimum Gasteiger partial charge on any atom is -0.508 e. The van der Waals surface area contributed by atoms with Gasteiger partial charge in [0.25, 0.3) is 0 Å². The highest BCUT2D eigenvalue weighted by molar-refractivity contribution is 6.30. The number of esters is 1. The minimum absolute atomic E-state index is 0.193. The quantitative estimate of drug-likeness (QED) is 0.154. The second-order valence-electron chi connectivity index (χ2n) is 8.88. The summed E-state index contributed by atoms with van der Waals surface area (Å²) < 4.78 is 5.39. The van der Waals surface area contributed by atoms with E-state index in [0.717, 1.165) is 46.0 Å². The Balaban J connectivity index is -0.000000502. The number of halogens is 2. The second kappa shape index (κ2) is 26.9. The van der Waals surface area contributed by atoms with Gasteiger partial charge in [0.2, 0.25) is 0 Å². The molecular weight excluding hydrogens is 515 g/mol. The molecule has 0 aliphatic carbocycles. The molecule has 1 rings (SSSR count). The molecular formula is C33H56Cl2O3. The van der Waals surface area contributed by atoms with Crippen molar-refractivity contribution in [1.82, 2.24) is 0 Å².